The molecule has 1 aliphatic heterocycles. The molecule has 32 heavy (non-hydrogen) atoms. The highest BCUT2D eigenvalue weighted by Crippen LogP contribution is 2.28. The number of aryl methyl sites for hydroxylation is 1. The molecule has 2 aromatic heterocycles. The minimum absolute atomic E-state index is 0.232. The molecule has 1 saturated heterocycles. The van der Waals surface area contributed by atoms with Crippen LogP contribution in [0.3, 0.4) is 0 Å². The Morgan fingerprint density at radius 3 is 2.97 bits per heavy atom. The van der Waals surface area contributed by atoms with Gasteiger partial charge >= 0.3 is 6.09 Å². The van der Waals surface area contributed by atoms with Crippen LogP contribution in [0.25, 0.3) is 0 Å². The van der Waals surface area contributed by atoms with Crippen molar-refractivity contribution in [3.8, 4) is 0 Å². The fourth-order valence-electron chi connectivity index (χ4n) is 3.69. The Morgan fingerprint density at radius 2 is 2.19 bits per heavy atom. The third-order valence-electron chi connectivity index (χ3n) is 5.30. The number of carbonyl (C=O) groups is 2. The van der Waals surface area contributed by atoms with Gasteiger partial charge < -0.3 is 20.6 Å². The topological polar surface area (TPSA) is 112 Å². The summed E-state index contributed by atoms with van der Waals surface area (Å²) in [7, 11) is 0. The zero-order chi connectivity index (χ0) is 22.7. The molecular formula is C21H23ClN6O3S. The van der Waals surface area contributed by atoms with Crippen LogP contribution in [0.15, 0.2) is 36.7 Å². The monoisotopic (exact) mass is 474 g/mol. The van der Waals surface area contributed by atoms with Crippen LogP contribution in [0.1, 0.15) is 28.1 Å². The molecule has 4 rings (SSSR count). The van der Waals surface area contributed by atoms with Gasteiger partial charge in [-0.05, 0) is 37.3 Å². The van der Waals surface area contributed by atoms with Gasteiger partial charge in [0, 0.05) is 31.9 Å². The van der Waals surface area contributed by atoms with Gasteiger partial charge in [0.05, 0.1) is 16.9 Å². The van der Waals surface area contributed by atoms with E-state index < -0.39 is 6.09 Å². The molecule has 1 unspecified atom stereocenters. The maximum absolute atomic E-state index is 12.6. The normalized spacial score (nSPS) is 16.1. The molecule has 0 saturated carbocycles. The van der Waals surface area contributed by atoms with Gasteiger partial charge in [-0.3, -0.25) is 9.48 Å². The Balaban J connectivity index is 1.35. The van der Waals surface area contributed by atoms with Crippen molar-refractivity contribution in [1.29, 1.82) is 0 Å². The molecular weight excluding hydrogens is 452 g/mol. The lowest BCUT2D eigenvalue weighted by Crippen LogP contribution is -2.40. The van der Waals surface area contributed by atoms with E-state index in [1.165, 1.54) is 22.4 Å². The van der Waals surface area contributed by atoms with E-state index in [9.17, 15) is 14.7 Å². The van der Waals surface area contributed by atoms with Gasteiger partial charge in [0.15, 0.2) is 10.9 Å². The number of benzene rings is 1. The molecule has 1 fully saturated rings. The minimum Gasteiger partial charge on any atom is -0.465 e. The highest BCUT2D eigenvalue weighted by atomic mass is 35.5. The molecule has 3 heterocycles. The predicted octanol–water partition coefficient (Wildman–Crippen LogP) is 4.69. The smallest absolute Gasteiger partial charge is 0.407 e. The third kappa shape index (κ3) is 5.20. The number of likely N-dealkylation sites (tertiary alicyclic amines) is 1. The summed E-state index contributed by atoms with van der Waals surface area (Å²) < 4.78 is 1.81. The van der Waals surface area contributed by atoms with E-state index in [1.807, 2.05) is 31.3 Å². The molecule has 11 heteroatoms. The van der Waals surface area contributed by atoms with Crippen LogP contribution in [-0.4, -0.2) is 49.9 Å². The van der Waals surface area contributed by atoms with Crippen molar-refractivity contribution < 1.29 is 14.7 Å². The number of nitrogens with one attached hydrogen (secondary N) is 2. The molecule has 1 aliphatic rings. The van der Waals surface area contributed by atoms with Gasteiger partial charge in [-0.25, -0.2) is 9.78 Å². The maximum atomic E-state index is 12.6. The van der Waals surface area contributed by atoms with Crippen molar-refractivity contribution in [3.05, 3.63) is 52.1 Å². The first kappa shape index (κ1) is 22.1. The third-order valence-corrected chi connectivity index (χ3v) is 6.53. The summed E-state index contributed by atoms with van der Waals surface area (Å²) in [6, 6.07) is 7.26. The second-order valence-corrected chi connectivity index (χ2v) is 9.14. The summed E-state index contributed by atoms with van der Waals surface area (Å²) in [6.45, 7) is 3.64. The summed E-state index contributed by atoms with van der Waals surface area (Å²) in [4.78, 5) is 30.0. The SMILES string of the molecule is Cc1cccc(Cl)c1NC(=O)c1cnc(Nc2ccn(CC3CCCN(C(=O)O)C3)n2)s1. The summed E-state index contributed by atoms with van der Waals surface area (Å²) >= 11 is 7.40. The standard InChI is InChI=1S/C21H23ClN6O3S/c1-13-4-2-6-15(22)18(13)25-19(29)16-10-23-20(32-16)24-17-7-9-28(26-17)12-14-5-3-8-27(11-14)21(30)31/h2,4,6-7,9-10,14H,3,5,8,11-12H2,1H3,(H,25,29)(H,30,31)(H,23,24,26). The van der Waals surface area contributed by atoms with Gasteiger partial charge in [-0.1, -0.05) is 35.1 Å². The molecule has 0 bridgehead atoms. The summed E-state index contributed by atoms with van der Waals surface area (Å²) in [5.41, 5.74) is 1.47. The Morgan fingerprint density at radius 1 is 1.34 bits per heavy atom. The fourth-order valence-corrected chi connectivity index (χ4v) is 4.68. The van der Waals surface area contributed by atoms with Crippen molar-refractivity contribution in [2.24, 2.45) is 5.92 Å². The van der Waals surface area contributed by atoms with Gasteiger partial charge in [-0.15, -0.1) is 0 Å². The molecule has 1 atom stereocenters. The summed E-state index contributed by atoms with van der Waals surface area (Å²) in [5.74, 6) is 0.563. The molecule has 3 aromatic rings. The second kappa shape index (κ2) is 9.58. The molecule has 9 nitrogen and oxygen atoms in total. The van der Waals surface area contributed by atoms with Crippen molar-refractivity contribution in [2.75, 3.05) is 23.7 Å². The number of thiazole rings is 1. The molecule has 3 N–H and O–H groups in total. The van der Waals surface area contributed by atoms with E-state index in [1.54, 1.807) is 10.7 Å². The number of aromatic nitrogens is 3. The lowest BCUT2D eigenvalue weighted by Gasteiger charge is -2.30. The molecule has 1 aromatic carbocycles. The molecule has 168 valence electrons. The number of nitrogens with zero attached hydrogens (tertiary/aromatic N) is 4. The number of carboxylic acid groups (broad SMARTS) is 1. The number of piperidine rings is 1. The lowest BCUT2D eigenvalue weighted by molar-refractivity contribution is 0.103. The Kier molecular flexibility index (Phi) is 6.61. The van der Waals surface area contributed by atoms with Gasteiger partial charge in [0.1, 0.15) is 4.88 Å². The highest BCUT2D eigenvalue weighted by Gasteiger charge is 2.23. The van der Waals surface area contributed by atoms with Crippen LogP contribution in [0.4, 0.5) is 21.4 Å². The van der Waals surface area contributed by atoms with Crippen LogP contribution in [0.5, 0.6) is 0 Å². The van der Waals surface area contributed by atoms with Crippen LogP contribution in [0.2, 0.25) is 5.02 Å². The number of amides is 2. The van der Waals surface area contributed by atoms with Crippen molar-refractivity contribution >= 4 is 51.6 Å². The summed E-state index contributed by atoms with van der Waals surface area (Å²) in [5, 5.41) is 20.7. The number of hydrogen-bond donors (Lipinski definition) is 3. The van der Waals surface area contributed by atoms with E-state index in [2.05, 4.69) is 20.7 Å². The largest absolute Gasteiger partial charge is 0.465 e. The molecule has 0 radical (unpaired) electrons. The minimum atomic E-state index is -0.870. The molecule has 0 spiro atoms. The number of carbonyl (C=O) groups excluding carboxylic acids is 1. The first-order chi connectivity index (χ1) is 15.4. The van der Waals surface area contributed by atoms with Crippen molar-refractivity contribution in [3.63, 3.8) is 0 Å². The first-order valence-corrected chi connectivity index (χ1v) is 11.4. The average molecular weight is 475 g/mol. The van der Waals surface area contributed by atoms with Crippen molar-refractivity contribution in [2.45, 2.75) is 26.3 Å². The number of para-hydroxylation sites is 1. The van der Waals surface area contributed by atoms with Gasteiger partial charge in [0.25, 0.3) is 5.91 Å². The molecule has 0 aliphatic carbocycles. The van der Waals surface area contributed by atoms with E-state index in [4.69, 9.17) is 11.6 Å². The number of hydrogen-bond acceptors (Lipinski definition) is 6. The van der Waals surface area contributed by atoms with Crippen LogP contribution in [0, 0.1) is 12.8 Å². The zero-order valence-electron chi connectivity index (χ0n) is 17.4. The Hall–Kier alpha value is -3.11. The summed E-state index contributed by atoms with van der Waals surface area (Å²) in [6.07, 6.45) is 4.33. The number of rotatable bonds is 6. The number of halogens is 1. The second-order valence-electron chi connectivity index (χ2n) is 7.70. The lowest BCUT2D eigenvalue weighted by atomic mass is 9.98. The van der Waals surface area contributed by atoms with Gasteiger partial charge in [0.2, 0.25) is 0 Å². The van der Waals surface area contributed by atoms with E-state index in [-0.39, 0.29) is 11.8 Å². The molecule has 2 amide bonds. The van der Waals surface area contributed by atoms with Gasteiger partial charge in [-0.2, -0.15) is 5.10 Å². The van der Waals surface area contributed by atoms with E-state index >= 15 is 0 Å². The van der Waals surface area contributed by atoms with Crippen LogP contribution >= 0.6 is 22.9 Å². The maximum Gasteiger partial charge on any atom is 0.407 e. The Labute approximate surface area is 194 Å². The zero-order valence-corrected chi connectivity index (χ0v) is 19.0. The van der Waals surface area contributed by atoms with E-state index in [0.29, 0.717) is 46.2 Å². The Bertz CT molecular complexity index is 1110. The average Bonchev–Trinajstić information content (AvgIpc) is 3.41. The van der Waals surface area contributed by atoms with Crippen LogP contribution < -0.4 is 10.6 Å². The number of anilines is 3. The highest BCUT2D eigenvalue weighted by molar-refractivity contribution is 7.17. The van der Waals surface area contributed by atoms with Crippen molar-refractivity contribution in [1.82, 2.24) is 19.7 Å². The predicted molar refractivity (Wildman–Crippen MR) is 124 cm³/mol. The quantitative estimate of drug-likeness (QED) is 0.478. The fraction of sp³-hybridized carbons (Fsp3) is 0.333. The first-order valence-electron chi connectivity index (χ1n) is 10.2. The van der Waals surface area contributed by atoms with Crippen LogP contribution in [-0.2, 0) is 6.54 Å². The van der Waals surface area contributed by atoms with E-state index in [0.717, 1.165) is 18.4 Å².